The van der Waals surface area contributed by atoms with Gasteiger partial charge in [-0.1, -0.05) is 29.8 Å². The molecule has 0 unspecified atom stereocenters. The van der Waals surface area contributed by atoms with Crippen molar-refractivity contribution in [1.29, 1.82) is 0 Å². The van der Waals surface area contributed by atoms with Gasteiger partial charge in [-0.2, -0.15) is 0 Å². The molecule has 2 aromatic rings. The van der Waals surface area contributed by atoms with Gasteiger partial charge in [0.05, 0.1) is 12.6 Å². The molecule has 1 atom stereocenters. The van der Waals surface area contributed by atoms with E-state index in [1.54, 1.807) is 12.4 Å². The molecule has 1 amide bonds. The van der Waals surface area contributed by atoms with Crippen LogP contribution in [-0.4, -0.2) is 53.5 Å². The van der Waals surface area contributed by atoms with Crippen molar-refractivity contribution in [2.24, 2.45) is 0 Å². The molecule has 1 aromatic carbocycles. The SMILES string of the molecule is C[C@@H](NC(=O)CN1CCN(c2ncccn2)CC1)c1ccccc1Cl. The fourth-order valence-corrected chi connectivity index (χ4v) is 3.25. The predicted octanol–water partition coefficient (Wildman–Crippen LogP) is 2.13. The van der Waals surface area contributed by atoms with Crippen molar-refractivity contribution in [3.05, 3.63) is 53.3 Å². The minimum absolute atomic E-state index is 0.0110. The summed E-state index contributed by atoms with van der Waals surface area (Å²) in [5, 5.41) is 3.70. The maximum absolute atomic E-state index is 12.3. The summed E-state index contributed by atoms with van der Waals surface area (Å²) in [6.45, 7) is 5.59. The zero-order chi connectivity index (χ0) is 17.6. The second kappa shape index (κ2) is 8.27. The molecular formula is C18H22ClN5O. The van der Waals surface area contributed by atoms with Crippen molar-refractivity contribution in [2.75, 3.05) is 37.6 Å². The summed E-state index contributed by atoms with van der Waals surface area (Å²) >= 11 is 6.19. The molecule has 132 valence electrons. The minimum atomic E-state index is -0.111. The van der Waals surface area contributed by atoms with Gasteiger partial charge in [0, 0.05) is 43.6 Å². The normalized spacial score (nSPS) is 16.5. The van der Waals surface area contributed by atoms with E-state index in [9.17, 15) is 4.79 Å². The first kappa shape index (κ1) is 17.6. The van der Waals surface area contributed by atoms with E-state index in [1.807, 2.05) is 37.3 Å². The van der Waals surface area contributed by atoms with E-state index >= 15 is 0 Å². The van der Waals surface area contributed by atoms with Gasteiger partial charge in [-0.05, 0) is 24.6 Å². The van der Waals surface area contributed by atoms with Gasteiger partial charge >= 0.3 is 0 Å². The maximum atomic E-state index is 12.3. The molecule has 3 rings (SSSR count). The summed E-state index contributed by atoms with van der Waals surface area (Å²) in [6.07, 6.45) is 3.50. The van der Waals surface area contributed by atoms with Crippen LogP contribution in [0.15, 0.2) is 42.7 Å². The van der Waals surface area contributed by atoms with E-state index in [0.29, 0.717) is 11.6 Å². The Balaban J connectivity index is 1.47. The highest BCUT2D eigenvalue weighted by Gasteiger charge is 2.21. The molecule has 1 aliphatic heterocycles. The van der Waals surface area contributed by atoms with Crippen molar-refractivity contribution in [3.63, 3.8) is 0 Å². The molecular weight excluding hydrogens is 338 g/mol. The number of carbonyl (C=O) groups excluding carboxylic acids is 1. The first-order chi connectivity index (χ1) is 12.1. The highest BCUT2D eigenvalue weighted by Crippen LogP contribution is 2.22. The molecule has 0 radical (unpaired) electrons. The smallest absolute Gasteiger partial charge is 0.234 e. The number of nitrogens with one attached hydrogen (secondary N) is 1. The number of halogens is 1. The number of benzene rings is 1. The molecule has 1 aromatic heterocycles. The summed E-state index contributed by atoms with van der Waals surface area (Å²) in [5.74, 6) is 0.760. The third-order valence-corrected chi connectivity index (χ3v) is 4.67. The number of carbonyl (C=O) groups is 1. The van der Waals surface area contributed by atoms with Crippen LogP contribution >= 0.6 is 11.6 Å². The van der Waals surface area contributed by atoms with Gasteiger partial charge in [0.2, 0.25) is 11.9 Å². The lowest BCUT2D eigenvalue weighted by Gasteiger charge is -2.34. The zero-order valence-corrected chi connectivity index (χ0v) is 15.0. The van der Waals surface area contributed by atoms with E-state index in [4.69, 9.17) is 11.6 Å². The number of rotatable bonds is 5. The van der Waals surface area contributed by atoms with Gasteiger partial charge in [0.15, 0.2) is 0 Å². The molecule has 7 heteroatoms. The van der Waals surface area contributed by atoms with Crippen LogP contribution in [0.25, 0.3) is 0 Å². The van der Waals surface area contributed by atoms with E-state index in [1.165, 1.54) is 0 Å². The molecule has 0 saturated carbocycles. The van der Waals surface area contributed by atoms with Crippen molar-refractivity contribution in [2.45, 2.75) is 13.0 Å². The molecule has 0 bridgehead atoms. The van der Waals surface area contributed by atoms with Crippen LogP contribution in [-0.2, 0) is 4.79 Å². The van der Waals surface area contributed by atoms with Gasteiger partial charge in [0.25, 0.3) is 0 Å². The molecule has 1 aliphatic rings. The second-order valence-electron chi connectivity index (χ2n) is 6.12. The van der Waals surface area contributed by atoms with Crippen LogP contribution in [0.3, 0.4) is 0 Å². The lowest BCUT2D eigenvalue weighted by Crippen LogP contribution is -2.50. The topological polar surface area (TPSA) is 61.4 Å². The van der Waals surface area contributed by atoms with Crippen molar-refractivity contribution < 1.29 is 4.79 Å². The fraction of sp³-hybridized carbons (Fsp3) is 0.389. The summed E-state index contributed by atoms with van der Waals surface area (Å²) in [6, 6.07) is 9.28. The number of piperazine rings is 1. The number of aromatic nitrogens is 2. The molecule has 2 heterocycles. The molecule has 6 nitrogen and oxygen atoms in total. The van der Waals surface area contributed by atoms with Crippen LogP contribution in [0, 0.1) is 0 Å². The van der Waals surface area contributed by atoms with Crippen LogP contribution in [0.2, 0.25) is 5.02 Å². The van der Waals surface area contributed by atoms with Gasteiger partial charge in [-0.3, -0.25) is 9.69 Å². The monoisotopic (exact) mass is 359 g/mol. The van der Waals surface area contributed by atoms with Crippen LogP contribution < -0.4 is 10.2 Å². The number of nitrogens with zero attached hydrogens (tertiary/aromatic N) is 4. The Labute approximate surface area is 152 Å². The number of hydrogen-bond donors (Lipinski definition) is 1. The lowest BCUT2D eigenvalue weighted by atomic mass is 10.1. The molecule has 0 spiro atoms. The van der Waals surface area contributed by atoms with Gasteiger partial charge in [-0.25, -0.2) is 9.97 Å². The van der Waals surface area contributed by atoms with Crippen LogP contribution in [0.5, 0.6) is 0 Å². The second-order valence-corrected chi connectivity index (χ2v) is 6.53. The average Bonchev–Trinajstić information content (AvgIpc) is 2.63. The highest BCUT2D eigenvalue weighted by atomic mass is 35.5. The fourth-order valence-electron chi connectivity index (χ4n) is 2.95. The Bertz CT molecular complexity index is 704. The summed E-state index contributed by atoms with van der Waals surface area (Å²) in [5.41, 5.74) is 0.934. The standard InChI is InChI=1S/C18H22ClN5O/c1-14(15-5-2-3-6-16(15)19)22-17(25)13-23-9-11-24(12-10-23)18-20-7-4-8-21-18/h2-8,14H,9-13H2,1H3,(H,22,25)/t14-/m1/s1. The van der Waals surface area contributed by atoms with E-state index in [0.717, 1.165) is 37.7 Å². The predicted molar refractivity (Wildman–Crippen MR) is 98.7 cm³/mol. The molecule has 1 N–H and O–H groups in total. The average molecular weight is 360 g/mol. The number of anilines is 1. The molecule has 1 fully saturated rings. The number of amides is 1. The van der Waals surface area contributed by atoms with Crippen molar-refractivity contribution in [3.8, 4) is 0 Å². The first-order valence-corrected chi connectivity index (χ1v) is 8.79. The molecule has 0 aliphatic carbocycles. The Morgan fingerprint density at radius 1 is 1.16 bits per heavy atom. The van der Waals surface area contributed by atoms with Crippen molar-refractivity contribution >= 4 is 23.5 Å². The summed E-state index contributed by atoms with van der Waals surface area (Å²) in [4.78, 5) is 25.2. The minimum Gasteiger partial charge on any atom is -0.348 e. The third-order valence-electron chi connectivity index (χ3n) is 4.32. The summed E-state index contributed by atoms with van der Waals surface area (Å²) < 4.78 is 0. The zero-order valence-electron chi connectivity index (χ0n) is 14.2. The Kier molecular flexibility index (Phi) is 5.83. The third kappa shape index (κ3) is 4.67. The lowest BCUT2D eigenvalue weighted by molar-refractivity contribution is -0.123. The maximum Gasteiger partial charge on any atom is 0.234 e. The largest absolute Gasteiger partial charge is 0.348 e. The van der Waals surface area contributed by atoms with Crippen molar-refractivity contribution in [1.82, 2.24) is 20.2 Å². The summed E-state index contributed by atoms with van der Waals surface area (Å²) in [7, 11) is 0. The Morgan fingerprint density at radius 2 is 1.84 bits per heavy atom. The Hall–Kier alpha value is -2.18. The van der Waals surface area contributed by atoms with E-state index < -0.39 is 0 Å². The number of hydrogen-bond acceptors (Lipinski definition) is 5. The first-order valence-electron chi connectivity index (χ1n) is 8.41. The van der Waals surface area contributed by atoms with Gasteiger partial charge in [-0.15, -0.1) is 0 Å². The quantitative estimate of drug-likeness (QED) is 0.886. The van der Waals surface area contributed by atoms with Crippen LogP contribution in [0.1, 0.15) is 18.5 Å². The Morgan fingerprint density at radius 3 is 2.52 bits per heavy atom. The van der Waals surface area contributed by atoms with Gasteiger partial charge in [0.1, 0.15) is 0 Å². The van der Waals surface area contributed by atoms with E-state index in [-0.39, 0.29) is 11.9 Å². The van der Waals surface area contributed by atoms with E-state index in [2.05, 4.69) is 25.1 Å². The molecule has 1 saturated heterocycles. The van der Waals surface area contributed by atoms with Gasteiger partial charge < -0.3 is 10.2 Å². The molecule has 25 heavy (non-hydrogen) atoms. The van der Waals surface area contributed by atoms with Crippen LogP contribution in [0.4, 0.5) is 5.95 Å². The highest BCUT2D eigenvalue weighted by molar-refractivity contribution is 6.31.